The third kappa shape index (κ3) is 3.85. The van der Waals surface area contributed by atoms with Crippen LogP contribution in [0.1, 0.15) is 47.0 Å². The summed E-state index contributed by atoms with van der Waals surface area (Å²) >= 11 is 0. The van der Waals surface area contributed by atoms with Crippen LogP contribution in [0.25, 0.3) is 0 Å². The first kappa shape index (κ1) is 16.3. The molecule has 0 unspecified atom stereocenters. The van der Waals surface area contributed by atoms with E-state index in [1.807, 2.05) is 12.1 Å². The molecule has 1 aromatic carbocycles. The van der Waals surface area contributed by atoms with Crippen LogP contribution in [-0.2, 0) is 28.9 Å². The lowest BCUT2D eigenvalue weighted by molar-refractivity contribution is -0.129. The Labute approximate surface area is 141 Å². The summed E-state index contributed by atoms with van der Waals surface area (Å²) in [6.07, 6.45) is 5.09. The van der Waals surface area contributed by atoms with Gasteiger partial charge in [-0.15, -0.1) is 0 Å². The van der Waals surface area contributed by atoms with Crippen molar-refractivity contribution in [1.82, 2.24) is 5.32 Å². The summed E-state index contributed by atoms with van der Waals surface area (Å²) in [7, 11) is 0. The molecule has 5 nitrogen and oxygen atoms in total. The molecule has 2 aromatic rings. The van der Waals surface area contributed by atoms with Crippen molar-refractivity contribution >= 4 is 11.9 Å². The molecule has 0 spiro atoms. The van der Waals surface area contributed by atoms with Gasteiger partial charge in [0.25, 0.3) is 5.91 Å². The SMILES string of the molecule is C[C@H](OC(=O)c1ccc2c(c1)CCCC2)C(=O)NCc1ccco1. The van der Waals surface area contributed by atoms with Gasteiger partial charge < -0.3 is 14.5 Å². The molecule has 1 aromatic heterocycles. The molecule has 126 valence electrons. The summed E-state index contributed by atoms with van der Waals surface area (Å²) in [5.41, 5.74) is 3.02. The number of benzene rings is 1. The first-order chi connectivity index (χ1) is 11.6. The van der Waals surface area contributed by atoms with Crippen molar-refractivity contribution in [3.05, 3.63) is 59.0 Å². The Hall–Kier alpha value is -2.56. The van der Waals surface area contributed by atoms with E-state index < -0.39 is 12.1 Å². The van der Waals surface area contributed by atoms with Crippen molar-refractivity contribution in [2.45, 2.75) is 45.3 Å². The fourth-order valence-electron chi connectivity index (χ4n) is 2.87. The number of esters is 1. The maximum atomic E-state index is 12.3. The highest BCUT2D eigenvalue weighted by molar-refractivity contribution is 5.92. The van der Waals surface area contributed by atoms with Crippen molar-refractivity contribution < 1.29 is 18.7 Å². The predicted molar refractivity (Wildman–Crippen MR) is 88.5 cm³/mol. The van der Waals surface area contributed by atoms with Gasteiger partial charge in [0.05, 0.1) is 18.4 Å². The predicted octanol–water partition coefficient (Wildman–Crippen LogP) is 3.02. The number of carbonyl (C=O) groups excluding carboxylic acids is 2. The summed E-state index contributed by atoms with van der Waals surface area (Å²) in [5.74, 6) is -0.168. The van der Waals surface area contributed by atoms with Gasteiger partial charge in [-0.3, -0.25) is 4.79 Å². The molecule has 24 heavy (non-hydrogen) atoms. The van der Waals surface area contributed by atoms with Crippen molar-refractivity contribution in [2.24, 2.45) is 0 Å². The molecular formula is C19H21NO4. The maximum absolute atomic E-state index is 12.3. The number of fused-ring (bicyclic) bond motifs is 1. The lowest BCUT2D eigenvalue weighted by Gasteiger charge is -2.17. The standard InChI is InChI=1S/C19H21NO4/c1-13(18(21)20-12-17-7-4-10-23-17)24-19(22)16-9-8-14-5-2-3-6-15(14)11-16/h4,7-11,13H,2-3,5-6,12H2,1H3,(H,20,21)/t13-/m0/s1. The smallest absolute Gasteiger partial charge is 0.338 e. The van der Waals surface area contributed by atoms with E-state index in [2.05, 4.69) is 5.32 Å². The Balaban J connectivity index is 1.56. The van der Waals surface area contributed by atoms with Gasteiger partial charge in [0.15, 0.2) is 6.10 Å². The minimum absolute atomic E-state index is 0.270. The molecule has 1 N–H and O–H groups in total. The third-order valence-corrected chi connectivity index (χ3v) is 4.25. The van der Waals surface area contributed by atoms with Crippen LogP contribution in [-0.4, -0.2) is 18.0 Å². The lowest BCUT2D eigenvalue weighted by Crippen LogP contribution is -2.35. The van der Waals surface area contributed by atoms with E-state index in [0.29, 0.717) is 11.3 Å². The Kier molecular flexibility index (Phi) is 4.99. The first-order valence-corrected chi connectivity index (χ1v) is 8.26. The number of carbonyl (C=O) groups is 2. The molecule has 5 heteroatoms. The second-order valence-electron chi connectivity index (χ2n) is 6.04. The summed E-state index contributed by atoms with van der Waals surface area (Å²) in [4.78, 5) is 24.3. The van der Waals surface area contributed by atoms with Crippen molar-refractivity contribution in [3.63, 3.8) is 0 Å². The van der Waals surface area contributed by atoms with Crippen LogP contribution < -0.4 is 5.32 Å². The molecular weight excluding hydrogens is 306 g/mol. The number of aryl methyl sites for hydroxylation is 2. The van der Waals surface area contributed by atoms with Gasteiger partial charge in [0.1, 0.15) is 5.76 Å². The lowest BCUT2D eigenvalue weighted by atomic mass is 9.90. The van der Waals surface area contributed by atoms with Gasteiger partial charge in [0.2, 0.25) is 0 Å². The zero-order valence-electron chi connectivity index (χ0n) is 13.7. The third-order valence-electron chi connectivity index (χ3n) is 4.25. The van der Waals surface area contributed by atoms with Gasteiger partial charge in [-0.1, -0.05) is 6.07 Å². The van der Waals surface area contributed by atoms with Crippen LogP contribution in [0.2, 0.25) is 0 Å². The average molecular weight is 327 g/mol. The normalized spacial score (nSPS) is 14.5. The molecule has 1 aliphatic rings. The molecule has 0 saturated heterocycles. The van der Waals surface area contributed by atoms with Gasteiger partial charge >= 0.3 is 5.97 Å². The zero-order chi connectivity index (χ0) is 16.9. The fraction of sp³-hybridized carbons (Fsp3) is 0.368. The second-order valence-corrected chi connectivity index (χ2v) is 6.04. The quantitative estimate of drug-likeness (QED) is 0.857. The van der Waals surface area contributed by atoms with Crippen LogP contribution in [0, 0.1) is 0 Å². The molecule has 1 aliphatic carbocycles. The fourth-order valence-corrected chi connectivity index (χ4v) is 2.87. The van der Waals surface area contributed by atoms with E-state index in [0.717, 1.165) is 19.3 Å². The summed E-state index contributed by atoms with van der Waals surface area (Å²) < 4.78 is 10.4. The topological polar surface area (TPSA) is 68.5 Å². The first-order valence-electron chi connectivity index (χ1n) is 8.26. The minimum Gasteiger partial charge on any atom is -0.467 e. The number of furan rings is 1. The molecule has 1 heterocycles. The maximum Gasteiger partial charge on any atom is 0.338 e. The molecule has 0 bridgehead atoms. The van der Waals surface area contributed by atoms with Gasteiger partial charge in [-0.05, 0) is 68.0 Å². The summed E-state index contributed by atoms with van der Waals surface area (Å²) in [5, 5.41) is 2.68. The van der Waals surface area contributed by atoms with Crippen molar-refractivity contribution in [1.29, 1.82) is 0 Å². The molecule has 0 saturated carbocycles. The molecule has 1 amide bonds. The van der Waals surface area contributed by atoms with Crippen LogP contribution in [0.5, 0.6) is 0 Å². The van der Waals surface area contributed by atoms with Gasteiger partial charge in [0, 0.05) is 0 Å². The molecule has 0 aliphatic heterocycles. The zero-order valence-corrected chi connectivity index (χ0v) is 13.7. The number of amides is 1. The summed E-state index contributed by atoms with van der Waals surface area (Å²) in [6, 6.07) is 9.18. The monoisotopic (exact) mass is 327 g/mol. The Morgan fingerprint density at radius 1 is 1.21 bits per heavy atom. The number of ether oxygens (including phenoxy) is 1. The van der Waals surface area contributed by atoms with Crippen LogP contribution in [0.4, 0.5) is 0 Å². The highest BCUT2D eigenvalue weighted by atomic mass is 16.5. The van der Waals surface area contributed by atoms with Crippen molar-refractivity contribution in [2.75, 3.05) is 0 Å². The van der Waals surface area contributed by atoms with E-state index in [1.54, 1.807) is 31.4 Å². The van der Waals surface area contributed by atoms with Crippen molar-refractivity contribution in [3.8, 4) is 0 Å². The van der Waals surface area contributed by atoms with E-state index in [-0.39, 0.29) is 12.5 Å². The van der Waals surface area contributed by atoms with E-state index in [9.17, 15) is 9.59 Å². The Bertz CT molecular complexity index is 721. The Morgan fingerprint density at radius 2 is 2.00 bits per heavy atom. The molecule has 3 rings (SSSR count). The van der Waals surface area contributed by atoms with E-state index in [1.165, 1.54) is 17.5 Å². The highest BCUT2D eigenvalue weighted by Gasteiger charge is 2.20. The summed E-state index contributed by atoms with van der Waals surface area (Å²) in [6.45, 7) is 1.83. The molecule has 0 radical (unpaired) electrons. The van der Waals surface area contributed by atoms with Crippen LogP contribution in [0.3, 0.4) is 0 Å². The minimum atomic E-state index is -0.858. The van der Waals surface area contributed by atoms with Crippen LogP contribution in [0.15, 0.2) is 41.0 Å². The molecule has 1 atom stereocenters. The second kappa shape index (κ2) is 7.34. The van der Waals surface area contributed by atoms with E-state index in [4.69, 9.17) is 9.15 Å². The molecule has 0 fully saturated rings. The number of nitrogens with one attached hydrogen (secondary N) is 1. The van der Waals surface area contributed by atoms with Crippen LogP contribution >= 0.6 is 0 Å². The largest absolute Gasteiger partial charge is 0.467 e. The number of hydrogen-bond acceptors (Lipinski definition) is 4. The average Bonchev–Trinajstić information content (AvgIpc) is 3.12. The van der Waals surface area contributed by atoms with Gasteiger partial charge in [-0.25, -0.2) is 4.79 Å². The Morgan fingerprint density at radius 3 is 2.75 bits per heavy atom. The van der Waals surface area contributed by atoms with Gasteiger partial charge in [-0.2, -0.15) is 0 Å². The van der Waals surface area contributed by atoms with E-state index >= 15 is 0 Å². The number of rotatable bonds is 5. The highest BCUT2D eigenvalue weighted by Crippen LogP contribution is 2.22. The number of hydrogen-bond donors (Lipinski definition) is 1.